The van der Waals surface area contributed by atoms with E-state index >= 15 is 0 Å². The quantitative estimate of drug-likeness (QED) is 0.929. The lowest BCUT2D eigenvalue weighted by Crippen LogP contribution is -2.04. The summed E-state index contributed by atoms with van der Waals surface area (Å²) in [5, 5.41) is 10.3. The fraction of sp³-hybridized carbons (Fsp3) is 0.267. The number of aromatic nitrogens is 1. The van der Waals surface area contributed by atoms with E-state index in [1.165, 1.54) is 12.1 Å². The lowest BCUT2D eigenvalue weighted by Gasteiger charge is -2.13. The van der Waals surface area contributed by atoms with Gasteiger partial charge in [0.1, 0.15) is 5.82 Å². The fourth-order valence-corrected chi connectivity index (χ4v) is 2.49. The Morgan fingerprint density at radius 2 is 1.84 bits per heavy atom. The smallest absolute Gasteiger partial charge is 0.123 e. The molecule has 1 heterocycles. The van der Waals surface area contributed by atoms with Crippen molar-refractivity contribution in [2.45, 2.75) is 26.4 Å². The molecule has 4 heteroatoms. The number of halogens is 2. The number of benzene rings is 1. The second kappa shape index (κ2) is 5.80. The van der Waals surface area contributed by atoms with Crippen LogP contribution in [0.3, 0.4) is 0 Å². The number of aliphatic hydroxyl groups is 1. The summed E-state index contributed by atoms with van der Waals surface area (Å²) >= 11 is 3.37. The minimum absolute atomic E-state index is 0.299. The molecule has 1 aromatic heterocycles. The first-order valence-electron chi connectivity index (χ1n) is 6.03. The largest absolute Gasteiger partial charge is 0.388 e. The molecule has 0 bridgehead atoms. The molecule has 0 aliphatic heterocycles. The van der Waals surface area contributed by atoms with Crippen molar-refractivity contribution in [1.29, 1.82) is 0 Å². The molecule has 1 unspecified atom stereocenters. The molecular formula is C15H15BrFNO. The van der Waals surface area contributed by atoms with Crippen LogP contribution in [0.4, 0.5) is 4.39 Å². The third-order valence-corrected chi connectivity index (χ3v) is 3.68. The highest BCUT2D eigenvalue weighted by molar-refractivity contribution is 9.10. The molecule has 2 nitrogen and oxygen atoms in total. The Morgan fingerprint density at radius 3 is 2.47 bits per heavy atom. The average Bonchev–Trinajstić information content (AvgIpc) is 2.32. The summed E-state index contributed by atoms with van der Waals surface area (Å²) in [6.45, 7) is 3.78. The van der Waals surface area contributed by atoms with Crippen LogP contribution in [-0.2, 0) is 6.42 Å². The summed E-state index contributed by atoms with van der Waals surface area (Å²) in [6, 6.07) is 8.19. The molecule has 1 aromatic carbocycles. The number of nitrogens with zero attached hydrogens (tertiary/aromatic N) is 1. The highest BCUT2D eigenvalue weighted by Crippen LogP contribution is 2.25. The third kappa shape index (κ3) is 3.61. The number of hydrogen-bond acceptors (Lipinski definition) is 2. The molecule has 0 saturated heterocycles. The minimum atomic E-state index is -0.668. The highest BCUT2D eigenvalue weighted by atomic mass is 79.9. The predicted octanol–water partition coefficient (Wildman–Crippen LogP) is 3.88. The van der Waals surface area contributed by atoms with E-state index in [0.29, 0.717) is 6.42 Å². The van der Waals surface area contributed by atoms with Crippen LogP contribution in [0.5, 0.6) is 0 Å². The number of aryl methyl sites for hydroxylation is 2. The third-order valence-electron chi connectivity index (χ3n) is 2.91. The molecule has 19 heavy (non-hydrogen) atoms. The van der Waals surface area contributed by atoms with E-state index in [4.69, 9.17) is 0 Å². The first-order chi connectivity index (χ1) is 8.95. The molecule has 0 amide bonds. The van der Waals surface area contributed by atoms with Gasteiger partial charge in [0.05, 0.1) is 6.10 Å². The summed E-state index contributed by atoms with van der Waals surface area (Å²) in [5.74, 6) is -0.299. The van der Waals surface area contributed by atoms with Crippen molar-refractivity contribution in [3.05, 3.63) is 63.1 Å². The lowest BCUT2D eigenvalue weighted by molar-refractivity contribution is 0.178. The Labute approximate surface area is 120 Å². The van der Waals surface area contributed by atoms with Crippen molar-refractivity contribution in [1.82, 2.24) is 4.98 Å². The summed E-state index contributed by atoms with van der Waals surface area (Å²) in [7, 11) is 0. The lowest BCUT2D eigenvalue weighted by atomic mass is 10.0. The van der Waals surface area contributed by atoms with Crippen molar-refractivity contribution in [3.8, 4) is 0 Å². The molecule has 1 N–H and O–H groups in total. The Bertz CT molecular complexity index is 580. The van der Waals surface area contributed by atoms with Crippen molar-refractivity contribution in [2.24, 2.45) is 0 Å². The molecule has 1 atom stereocenters. The van der Waals surface area contributed by atoms with Gasteiger partial charge in [0.15, 0.2) is 0 Å². The monoisotopic (exact) mass is 323 g/mol. The second-order valence-corrected chi connectivity index (χ2v) is 5.49. The zero-order valence-electron chi connectivity index (χ0n) is 10.8. The topological polar surface area (TPSA) is 33.1 Å². The fourth-order valence-electron chi connectivity index (χ4n) is 2.09. The Morgan fingerprint density at radius 1 is 1.21 bits per heavy atom. The van der Waals surface area contributed by atoms with Crippen LogP contribution in [0.1, 0.15) is 28.6 Å². The minimum Gasteiger partial charge on any atom is -0.388 e. The van der Waals surface area contributed by atoms with Gasteiger partial charge in [-0.1, -0.05) is 15.9 Å². The van der Waals surface area contributed by atoms with Crippen LogP contribution in [-0.4, -0.2) is 10.1 Å². The first kappa shape index (κ1) is 14.2. The molecule has 0 fully saturated rings. The molecule has 100 valence electrons. The van der Waals surface area contributed by atoms with Gasteiger partial charge in [-0.15, -0.1) is 0 Å². The average molecular weight is 324 g/mol. The van der Waals surface area contributed by atoms with E-state index < -0.39 is 6.10 Å². The zero-order chi connectivity index (χ0) is 14.0. The van der Waals surface area contributed by atoms with Crippen molar-refractivity contribution in [3.63, 3.8) is 0 Å². The summed E-state index contributed by atoms with van der Waals surface area (Å²) in [4.78, 5) is 4.28. The molecule has 0 aliphatic carbocycles. The van der Waals surface area contributed by atoms with Crippen molar-refractivity contribution < 1.29 is 9.50 Å². The number of pyridine rings is 1. The normalized spacial score (nSPS) is 12.5. The molecule has 2 rings (SSSR count). The van der Waals surface area contributed by atoms with Crippen molar-refractivity contribution in [2.75, 3.05) is 0 Å². The Hall–Kier alpha value is -1.26. The van der Waals surface area contributed by atoms with Gasteiger partial charge in [0.25, 0.3) is 0 Å². The highest BCUT2D eigenvalue weighted by Gasteiger charge is 2.12. The molecule has 0 saturated carbocycles. The van der Waals surface area contributed by atoms with Gasteiger partial charge in [0, 0.05) is 22.3 Å². The van der Waals surface area contributed by atoms with E-state index in [9.17, 15) is 9.50 Å². The number of aliphatic hydroxyl groups excluding tert-OH is 1. The van der Waals surface area contributed by atoms with Crippen LogP contribution in [0.15, 0.2) is 34.8 Å². The summed E-state index contributed by atoms with van der Waals surface area (Å²) < 4.78 is 14.0. The predicted molar refractivity (Wildman–Crippen MR) is 76.5 cm³/mol. The SMILES string of the molecule is Cc1cc(C(O)Cc2cc(F)ccc2Br)cc(C)n1. The molecule has 0 spiro atoms. The van der Waals surface area contributed by atoms with Crippen LogP contribution < -0.4 is 0 Å². The van der Waals surface area contributed by atoms with Gasteiger partial charge >= 0.3 is 0 Å². The van der Waals surface area contributed by atoms with Crippen LogP contribution >= 0.6 is 15.9 Å². The van der Waals surface area contributed by atoms with Crippen LogP contribution in [0, 0.1) is 19.7 Å². The molecule has 2 aromatic rings. The maximum Gasteiger partial charge on any atom is 0.123 e. The van der Waals surface area contributed by atoms with Crippen molar-refractivity contribution >= 4 is 15.9 Å². The first-order valence-corrected chi connectivity index (χ1v) is 6.82. The van der Waals surface area contributed by atoms with Gasteiger partial charge in [-0.3, -0.25) is 4.98 Å². The second-order valence-electron chi connectivity index (χ2n) is 4.64. The van der Waals surface area contributed by atoms with Gasteiger partial charge in [-0.2, -0.15) is 0 Å². The number of hydrogen-bond donors (Lipinski definition) is 1. The standard InChI is InChI=1S/C15H15BrFNO/c1-9-5-12(6-10(2)18-9)15(19)8-11-7-13(17)3-4-14(11)16/h3-7,15,19H,8H2,1-2H3. The van der Waals surface area contributed by atoms with E-state index in [0.717, 1.165) is 27.0 Å². The Kier molecular flexibility index (Phi) is 4.32. The van der Waals surface area contributed by atoms with E-state index in [2.05, 4.69) is 20.9 Å². The molecular weight excluding hydrogens is 309 g/mol. The zero-order valence-corrected chi connectivity index (χ0v) is 12.4. The summed E-state index contributed by atoms with van der Waals surface area (Å²) in [6.07, 6.45) is -0.306. The Balaban J connectivity index is 2.25. The van der Waals surface area contributed by atoms with E-state index in [1.54, 1.807) is 6.07 Å². The van der Waals surface area contributed by atoms with E-state index in [1.807, 2.05) is 26.0 Å². The van der Waals surface area contributed by atoms with Gasteiger partial charge in [-0.25, -0.2) is 4.39 Å². The van der Waals surface area contributed by atoms with Gasteiger partial charge in [0.2, 0.25) is 0 Å². The maximum absolute atomic E-state index is 13.2. The van der Waals surface area contributed by atoms with Crippen LogP contribution in [0.2, 0.25) is 0 Å². The molecule has 0 aliphatic rings. The van der Waals surface area contributed by atoms with E-state index in [-0.39, 0.29) is 5.82 Å². The van der Waals surface area contributed by atoms with Crippen LogP contribution in [0.25, 0.3) is 0 Å². The maximum atomic E-state index is 13.2. The molecule has 0 radical (unpaired) electrons. The number of rotatable bonds is 3. The summed E-state index contributed by atoms with van der Waals surface area (Å²) in [5.41, 5.74) is 3.29. The van der Waals surface area contributed by atoms with Gasteiger partial charge < -0.3 is 5.11 Å². The van der Waals surface area contributed by atoms with Gasteiger partial charge in [-0.05, 0) is 55.3 Å².